The molecular formula is C26H31N4O+. The molecule has 31 heavy (non-hydrogen) atoms. The Labute approximate surface area is 184 Å². The van der Waals surface area contributed by atoms with E-state index in [1.807, 2.05) is 12.1 Å². The molecule has 0 saturated carbocycles. The SMILES string of the molecule is COc1c(N(C)N=C(C)c2ccc3ccccc3[n+]2C)cc2c3c1CCCN3CCC2. The quantitative estimate of drug-likeness (QED) is 0.363. The topological polar surface area (TPSA) is 31.9 Å². The van der Waals surface area contributed by atoms with Gasteiger partial charge in [-0.15, -0.1) is 0 Å². The number of methoxy groups -OCH3 is 1. The van der Waals surface area contributed by atoms with Crippen LogP contribution in [-0.4, -0.2) is 33.0 Å². The lowest BCUT2D eigenvalue weighted by molar-refractivity contribution is -0.646. The molecule has 0 atom stereocenters. The van der Waals surface area contributed by atoms with E-state index in [4.69, 9.17) is 9.84 Å². The van der Waals surface area contributed by atoms with E-state index in [2.05, 4.69) is 65.9 Å². The van der Waals surface area contributed by atoms with Crippen molar-refractivity contribution in [3.63, 3.8) is 0 Å². The van der Waals surface area contributed by atoms with Gasteiger partial charge >= 0.3 is 0 Å². The summed E-state index contributed by atoms with van der Waals surface area (Å²) in [6.45, 7) is 4.40. The number of benzene rings is 2. The summed E-state index contributed by atoms with van der Waals surface area (Å²) in [6.07, 6.45) is 4.61. The molecule has 0 fully saturated rings. The smallest absolute Gasteiger partial charge is 0.228 e. The first-order valence-corrected chi connectivity index (χ1v) is 11.2. The van der Waals surface area contributed by atoms with Crippen LogP contribution in [0.3, 0.4) is 0 Å². The van der Waals surface area contributed by atoms with Crippen LogP contribution in [0.1, 0.15) is 36.6 Å². The summed E-state index contributed by atoms with van der Waals surface area (Å²) in [5.41, 5.74) is 8.56. The number of para-hydroxylation sites is 1. The van der Waals surface area contributed by atoms with E-state index in [1.165, 1.54) is 40.6 Å². The monoisotopic (exact) mass is 415 g/mol. The summed E-state index contributed by atoms with van der Waals surface area (Å²) in [7, 11) is 5.93. The standard InChI is InChI=1S/C26H31N4O/c1-18(22-14-13-19-9-5-6-12-23(19)28(22)2)27-29(3)24-17-20-10-7-15-30-16-8-11-21(25(20)30)26(24)31-4/h5-6,9,12-14,17H,7-8,10-11,15-16H2,1-4H3/q+1. The molecule has 5 rings (SSSR count). The van der Waals surface area contributed by atoms with Gasteiger partial charge in [-0.05, 0) is 56.4 Å². The van der Waals surface area contributed by atoms with Crippen molar-refractivity contribution >= 4 is 28.0 Å². The van der Waals surface area contributed by atoms with Crippen molar-refractivity contribution in [2.75, 3.05) is 37.2 Å². The zero-order chi connectivity index (χ0) is 21.5. The molecular weight excluding hydrogens is 384 g/mol. The van der Waals surface area contributed by atoms with Gasteiger partial charge in [-0.3, -0.25) is 5.01 Å². The molecule has 0 N–H and O–H groups in total. The molecule has 0 unspecified atom stereocenters. The molecule has 2 aliphatic rings. The number of aryl methyl sites for hydroxylation is 2. The van der Waals surface area contributed by atoms with Crippen LogP contribution < -0.4 is 19.2 Å². The predicted octanol–water partition coefficient (Wildman–Crippen LogP) is 4.23. The summed E-state index contributed by atoms with van der Waals surface area (Å²) in [5.74, 6) is 0.979. The summed E-state index contributed by atoms with van der Waals surface area (Å²) >= 11 is 0. The fourth-order valence-electron chi connectivity index (χ4n) is 5.32. The Morgan fingerprint density at radius 2 is 1.87 bits per heavy atom. The molecule has 5 nitrogen and oxygen atoms in total. The lowest BCUT2D eigenvalue weighted by atomic mass is 9.90. The van der Waals surface area contributed by atoms with Crippen molar-refractivity contribution < 1.29 is 9.30 Å². The Hall–Kier alpha value is -3.08. The van der Waals surface area contributed by atoms with Crippen molar-refractivity contribution in [3.8, 4) is 5.75 Å². The first kappa shape index (κ1) is 19.9. The highest BCUT2D eigenvalue weighted by molar-refractivity contribution is 5.97. The van der Waals surface area contributed by atoms with E-state index < -0.39 is 0 Å². The number of nitrogens with zero attached hydrogens (tertiary/aromatic N) is 4. The molecule has 0 aliphatic carbocycles. The van der Waals surface area contributed by atoms with E-state index in [1.54, 1.807) is 7.11 Å². The van der Waals surface area contributed by atoms with Gasteiger partial charge in [0, 0.05) is 48.9 Å². The fourth-order valence-corrected chi connectivity index (χ4v) is 5.32. The molecule has 0 saturated heterocycles. The van der Waals surface area contributed by atoms with Crippen LogP contribution in [0.15, 0.2) is 47.6 Å². The average Bonchev–Trinajstić information content (AvgIpc) is 2.79. The number of pyridine rings is 1. The number of aromatic nitrogens is 1. The summed E-state index contributed by atoms with van der Waals surface area (Å²) in [6, 6.07) is 15.1. The van der Waals surface area contributed by atoms with Crippen LogP contribution in [0.2, 0.25) is 0 Å². The normalized spacial score (nSPS) is 15.7. The largest absolute Gasteiger partial charge is 0.494 e. The molecule has 160 valence electrons. The number of hydrogen-bond acceptors (Lipinski definition) is 4. The maximum absolute atomic E-state index is 5.96. The second kappa shape index (κ2) is 7.88. The lowest BCUT2D eigenvalue weighted by Gasteiger charge is -2.38. The third-order valence-electron chi connectivity index (χ3n) is 6.76. The van der Waals surface area contributed by atoms with Crippen molar-refractivity contribution in [1.29, 1.82) is 0 Å². The molecule has 1 aromatic heterocycles. The average molecular weight is 416 g/mol. The Morgan fingerprint density at radius 3 is 2.68 bits per heavy atom. The number of ether oxygens (including phenoxy) is 1. The number of anilines is 2. The minimum Gasteiger partial charge on any atom is -0.494 e. The summed E-state index contributed by atoms with van der Waals surface area (Å²) < 4.78 is 8.18. The van der Waals surface area contributed by atoms with Gasteiger partial charge in [0.25, 0.3) is 0 Å². The molecule has 3 heterocycles. The fraction of sp³-hybridized carbons (Fsp3) is 0.385. The van der Waals surface area contributed by atoms with Crippen molar-refractivity contribution in [2.45, 2.75) is 32.6 Å². The zero-order valence-corrected chi connectivity index (χ0v) is 19.0. The molecule has 0 spiro atoms. The third kappa shape index (κ3) is 3.32. The van der Waals surface area contributed by atoms with Gasteiger partial charge in [0.05, 0.1) is 7.11 Å². The first-order chi connectivity index (χ1) is 15.1. The van der Waals surface area contributed by atoms with Gasteiger partial charge in [-0.1, -0.05) is 12.1 Å². The van der Waals surface area contributed by atoms with Crippen LogP contribution in [0, 0.1) is 0 Å². The minimum absolute atomic E-state index is 0.978. The molecule has 2 aromatic carbocycles. The third-order valence-corrected chi connectivity index (χ3v) is 6.76. The number of hydrazone groups is 1. The maximum atomic E-state index is 5.96. The van der Waals surface area contributed by atoms with Crippen molar-refractivity contribution in [3.05, 3.63) is 59.3 Å². The Bertz CT molecular complexity index is 1180. The number of hydrogen-bond donors (Lipinski definition) is 0. The number of fused-ring (bicyclic) bond motifs is 1. The van der Waals surface area contributed by atoms with Gasteiger partial charge < -0.3 is 9.64 Å². The zero-order valence-electron chi connectivity index (χ0n) is 19.0. The van der Waals surface area contributed by atoms with Gasteiger partial charge in [-0.2, -0.15) is 9.67 Å². The highest BCUT2D eigenvalue weighted by Gasteiger charge is 2.29. The Balaban J connectivity index is 1.57. The van der Waals surface area contributed by atoms with Gasteiger partial charge in [-0.25, -0.2) is 0 Å². The highest BCUT2D eigenvalue weighted by atomic mass is 16.5. The second-order valence-electron chi connectivity index (χ2n) is 8.65. The van der Waals surface area contributed by atoms with Crippen LogP contribution in [0.4, 0.5) is 11.4 Å². The van der Waals surface area contributed by atoms with Crippen LogP contribution in [0.5, 0.6) is 5.75 Å². The van der Waals surface area contributed by atoms with Gasteiger partial charge in [0.1, 0.15) is 24.2 Å². The summed E-state index contributed by atoms with van der Waals surface area (Å²) in [5, 5.41) is 8.22. The van der Waals surface area contributed by atoms with Gasteiger partial charge in [0.15, 0.2) is 0 Å². The van der Waals surface area contributed by atoms with E-state index in [0.717, 1.165) is 48.8 Å². The van der Waals surface area contributed by atoms with E-state index >= 15 is 0 Å². The Kier molecular flexibility index (Phi) is 5.05. The summed E-state index contributed by atoms with van der Waals surface area (Å²) in [4.78, 5) is 2.55. The molecule has 0 bridgehead atoms. The Morgan fingerprint density at radius 1 is 1.10 bits per heavy atom. The maximum Gasteiger partial charge on any atom is 0.228 e. The van der Waals surface area contributed by atoms with Crippen molar-refractivity contribution in [1.82, 2.24) is 0 Å². The van der Waals surface area contributed by atoms with Crippen molar-refractivity contribution in [2.24, 2.45) is 12.1 Å². The molecule has 2 aliphatic heterocycles. The highest BCUT2D eigenvalue weighted by Crippen LogP contribution is 2.45. The lowest BCUT2D eigenvalue weighted by Crippen LogP contribution is -2.37. The number of rotatable bonds is 4. The molecule has 0 radical (unpaired) electrons. The van der Waals surface area contributed by atoms with Crippen LogP contribution in [-0.2, 0) is 19.9 Å². The van der Waals surface area contributed by atoms with E-state index in [-0.39, 0.29) is 0 Å². The van der Waals surface area contributed by atoms with Gasteiger partial charge in [0.2, 0.25) is 11.2 Å². The molecule has 5 heteroatoms. The predicted molar refractivity (Wildman–Crippen MR) is 128 cm³/mol. The minimum atomic E-state index is 0.978. The van der Waals surface area contributed by atoms with Crippen LogP contribution >= 0.6 is 0 Å². The van der Waals surface area contributed by atoms with Crippen LogP contribution in [0.25, 0.3) is 10.9 Å². The molecule has 0 amide bonds. The second-order valence-corrected chi connectivity index (χ2v) is 8.65. The first-order valence-electron chi connectivity index (χ1n) is 11.2. The van der Waals surface area contributed by atoms with E-state index in [0.29, 0.717) is 0 Å². The molecule has 3 aromatic rings. The van der Waals surface area contributed by atoms with E-state index in [9.17, 15) is 0 Å².